The highest BCUT2D eigenvalue weighted by Crippen LogP contribution is 2.10. The van der Waals surface area contributed by atoms with Gasteiger partial charge in [-0.2, -0.15) is 0 Å². The van der Waals surface area contributed by atoms with Gasteiger partial charge in [-0.3, -0.25) is 9.59 Å². The van der Waals surface area contributed by atoms with E-state index in [9.17, 15) is 9.59 Å². The average Bonchev–Trinajstić information content (AvgIpc) is 3.03. The third kappa shape index (κ3) is 5.55. The molecular weight excluding hydrogens is 268 g/mol. The molecule has 1 aliphatic heterocycles. The second-order valence-corrected chi connectivity index (χ2v) is 5.16. The molecule has 21 heavy (non-hydrogen) atoms. The lowest BCUT2D eigenvalue weighted by Gasteiger charge is -2.10. The number of rotatable bonds is 7. The molecule has 1 unspecified atom stereocenters. The summed E-state index contributed by atoms with van der Waals surface area (Å²) in [4.78, 5) is 23.4. The number of ether oxygens (including phenoxy) is 1. The van der Waals surface area contributed by atoms with Crippen molar-refractivity contribution in [2.45, 2.75) is 31.8 Å². The van der Waals surface area contributed by atoms with Gasteiger partial charge in [-0.05, 0) is 31.4 Å². The normalized spacial score (nSPS) is 17.4. The molecule has 1 aromatic rings. The number of hydrogen-bond acceptors (Lipinski definition) is 3. The van der Waals surface area contributed by atoms with Crippen LogP contribution in [0.4, 0.5) is 0 Å². The van der Waals surface area contributed by atoms with Crippen molar-refractivity contribution in [2.75, 3.05) is 19.7 Å². The fourth-order valence-electron chi connectivity index (χ4n) is 2.26. The third-order valence-corrected chi connectivity index (χ3v) is 3.45. The zero-order chi connectivity index (χ0) is 14.9. The fourth-order valence-corrected chi connectivity index (χ4v) is 2.26. The van der Waals surface area contributed by atoms with Crippen LogP contribution in [0.1, 0.15) is 36.0 Å². The highest BCUT2D eigenvalue weighted by Gasteiger charge is 2.15. The van der Waals surface area contributed by atoms with E-state index in [-0.39, 0.29) is 17.9 Å². The van der Waals surface area contributed by atoms with Gasteiger partial charge in [0, 0.05) is 31.7 Å². The minimum absolute atomic E-state index is 0.0134. The van der Waals surface area contributed by atoms with Gasteiger partial charge in [-0.25, -0.2) is 0 Å². The zero-order valence-corrected chi connectivity index (χ0v) is 12.1. The van der Waals surface area contributed by atoms with Crippen molar-refractivity contribution in [1.29, 1.82) is 0 Å². The Hall–Kier alpha value is -1.88. The summed E-state index contributed by atoms with van der Waals surface area (Å²) in [5, 5.41) is 5.68. The summed E-state index contributed by atoms with van der Waals surface area (Å²) < 4.78 is 5.44. The van der Waals surface area contributed by atoms with Crippen molar-refractivity contribution < 1.29 is 14.3 Å². The van der Waals surface area contributed by atoms with Crippen LogP contribution in [0.2, 0.25) is 0 Å². The molecule has 5 nitrogen and oxygen atoms in total. The van der Waals surface area contributed by atoms with Gasteiger partial charge < -0.3 is 15.4 Å². The molecule has 114 valence electrons. The smallest absolute Gasteiger partial charge is 0.251 e. The van der Waals surface area contributed by atoms with Crippen LogP contribution >= 0.6 is 0 Å². The van der Waals surface area contributed by atoms with E-state index in [4.69, 9.17) is 4.74 Å². The Morgan fingerprint density at radius 3 is 2.71 bits per heavy atom. The van der Waals surface area contributed by atoms with Crippen molar-refractivity contribution in [3.63, 3.8) is 0 Å². The number of nitrogens with one attached hydrogen (secondary N) is 2. The molecule has 1 saturated heterocycles. The van der Waals surface area contributed by atoms with Gasteiger partial charge >= 0.3 is 0 Å². The quantitative estimate of drug-likeness (QED) is 0.748. The van der Waals surface area contributed by atoms with Crippen molar-refractivity contribution in [1.82, 2.24) is 10.6 Å². The molecule has 5 heteroatoms. The van der Waals surface area contributed by atoms with Crippen LogP contribution in [0.3, 0.4) is 0 Å². The lowest BCUT2D eigenvalue weighted by Crippen LogP contribution is -2.32. The van der Waals surface area contributed by atoms with Crippen LogP contribution in [0.5, 0.6) is 0 Å². The highest BCUT2D eigenvalue weighted by molar-refractivity contribution is 5.94. The van der Waals surface area contributed by atoms with E-state index in [1.54, 1.807) is 12.1 Å². The summed E-state index contributed by atoms with van der Waals surface area (Å²) in [6.45, 7) is 1.89. The molecule has 0 bridgehead atoms. The minimum Gasteiger partial charge on any atom is -0.376 e. The Bertz CT molecular complexity index is 456. The summed E-state index contributed by atoms with van der Waals surface area (Å²) >= 11 is 0. The molecule has 1 heterocycles. The SMILES string of the molecule is O=C(CCCNC(=O)c1ccccc1)NCC1CCCO1. The first-order chi connectivity index (χ1) is 10.3. The molecule has 1 fully saturated rings. The van der Waals surface area contributed by atoms with E-state index in [0.29, 0.717) is 31.5 Å². The van der Waals surface area contributed by atoms with Crippen LogP contribution in [-0.4, -0.2) is 37.6 Å². The van der Waals surface area contributed by atoms with Crippen LogP contribution in [0.25, 0.3) is 0 Å². The predicted molar refractivity (Wildman–Crippen MR) is 80.0 cm³/mol. The third-order valence-electron chi connectivity index (χ3n) is 3.45. The lowest BCUT2D eigenvalue weighted by molar-refractivity contribution is -0.121. The van der Waals surface area contributed by atoms with Crippen molar-refractivity contribution >= 4 is 11.8 Å². The number of carbonyl (C=O) groups excluding carboxylic acids is 2. The largest absolute Gasteiger partial charge is 0.376 e. The van der Waals surface area contributed by atoms with Crippen molar-refractivity contribution in [3.8, 4) is 0 Å². The Labute approximate surface area is 125 Å². The first-order valence-corrected chi connectivity index (χ1v) is 7.47. The summed E-state index contributed by atoms with van der Waals surface area (Å²) in [5.74, 6) is -0.0881. The Balaban J connectivity index is 1.54. The summed E-state index contributed by atoms with van der Waals surface area (Å²) in [6, 6.07) is 9.06. The fraction of sp³-hybridized carbons (Fsp3) is 0.500. The number of carbonyl (C=O) groups is 2. The molecule has 2 N–H and O–H groups in total. The molecule has 2 rings (SSSR count). The summed E-state index contributed by atoms with van der Waals surface area (Å²) in [5.41, 5.74) is 0.639. The maximum Gasteiger partial charge on any atom is 0.251 e. The Morgan fingerprint density at radius 1 is 1.19 bits per heavy atom. The van der Waals surface area contributed by atoms with E-state index in [1.807, 2.05) is 18.2 Å². The maximum atomic E-state index is 11.8. The maximum absolute atomic E-state index is 11.8. The average molecular weight is 290 g/mol. The van der Waals surface area contributed by atoms with Crippen LogP contribution in [0.15, 0.2) is 30.3 Å². The Morgan fingerprint density at radius 2 is 2.00 bits per heavy atom. The van der Waals surface area contributed by atoms with Gasteiger partial charge in [-0.1, -0.05) is 18.2 Å². The van der Waals surface area contributed by atoms with E-state index in [1.165, 1.54) is 0 Å². The second-order valence-electron chi connectivity index (χ2n) is 5.16. The van der Waals surface area contributed by atoms with E-state index < -0.39 is 0 Å². The van der Waals surface area contributed by atoms with Gasteiger partial charge in [0.05, 0.1) is 6.10 Å². The molecule has 2 amide bonds. The molecule has 0 aliphatic carbocycles. The highest BCUT2D eigenvalue weighted by atomic mass is 16.5. The van der Waals surface area contributed by atoms with Crippen LogP contribution in [-0.2, 0) is 9.53 Å². The molecular formula is C16H22N2O3. The number of amides is 2. The van der Waals surface area contributed by atoms with E-state index in [2.05, 4.69) is 10.6 Å². The summed E-state index contributed by atoms with van der Waals surface area (Å²) in [7, 11) is 0. The minimum atomic E-state index is -0.102. The number of benzene rings is 1. The summed E-state index contributed by atoms with van der Waals surface area (Å²) in [6.07, 6.45) is 3.32. The molecule has 0 radical (unpaired) electrons. The van der Waals surface area contributed by atoms with Gasteiger partial charge in [0.2, 0.25) is 5.91 Å². The number of hydrogen-bond donors (Lipinski definition) is 2. The topological polar surface area (TPSA) is 67.4 Å². The van der Waals surface area contributed by atoms with Crippen molar-refractivity contribution in [2.24, 2.45) is 0 Å². The molecule has 1 atom stereocenters. The van der Waals surface area contributed by atoms with Crippen molar-refractivity contribution in [3.05, 3.63) is 35.9 Å². The van der Waals surface area contributed by atoms with Crippen LogP contribution < -0.4 is 10.6 Å². The molecule has 0 spiro atoms. The van der Waals surface area contributed by atoms with E-state index >= 15 is 0 Å². The van der Waals surface area contributed by atoms with Gasteiger partial charge in [0.15, 0.2) is 0 Å². The Kier molecular flexibility index (Phi) is 6.22. The predicted octanol–water partition coefficient (Wildman–Crippen LogP) is 1.49. The molecule has 0 aromatic heterocycles. The lowest BCUT2D eigenvalue weighted by atomic mass is 10.2. The standard InChI is InChI=1S/C16H22N2O3/c19-15(18-12-14-8-5-11-21-14)9-4-10-17-16(20)13-6-2-1-3-7-13/h1-3,6-7,14H,4-5,8-12H2,(H,17,20)(H,18,19). The van der Waals surface area contributed by atoms with Gasteiger partial charge in [0.1, 0.15) is 0 Å². The molecule has 1 aliphatic rings. The van der Waals surface area contributed by atoms with Crippen LogP contribution in [0, 0.1) is 0 Å². The first-order valence-electron chi connectivity index (χ1n) is 7.47. The first kappa shape index (κ1) is 15.5. The van der Waals surface area contributed by atoms with E-state index in [0.717, 1.165) is 19.4 Å². The molecule has 1 aromatic carbocycles. The van der Waals surface area contributed by atoms with Gasteiger partial charge in [0.25, 0.3) is 5.91 Å². The zero-order valence-electron chi connectivity index (χ0n) is 12.1. The second kappa shape index (κ2) is 8.42. The van der Waals surface area contributed by atoms with Gasteiger partial charge in [-0.15, -0.1) is 0 Å². The monoisotopic (exact) mass is 290 g/mol. The molecule has 0 saturated carbocycles.